The fraction of sp³-hybridized carbons (Fsp3) is 0.267. The van der Waals surface area contributed by atoms with E-state index in [-0.39, 0.29) is 11.7 Å². The molecule has 1 N–H and O–H groups in total. The maximum Gasteiger partial charge on any atom is 0.339 e. The van der Waals surface area contributed by atoms with Crippen molar-refractivity contribution in [3.8, 4) is 11.4 Å². The second-order valence-corrected chi connectivity index (χ2v) is 4.36. The van der Waals surface area contributed by atoms with Gasteiger partial charge < -0.3 is 14.4 Å². The number of phenolic OH excluding ortho intramolecular Hbond substituents is 1. The molecule has 0 bridgehead atoms. The second kappa shape index (κ2) is 5.18. The Morgan fingerprint density at radius 2 is 1.89 bits per heavy atom. The predicted octanol–water partition coefficient (Wildman–Crippen LogP) is 2.98. The van der Waals surface area contributed by atoms with Crippen molar-refractivity contribution in [3.05, 3.63) is 47.3 Å². The first-order valence-electron chi connectivity index (χ1n) is 6.20. The molecule has 0 unspecified atom stereocenters. The lowest BCUT2D eigenvalue weighted by molar-refractivity contribution is 0.0525. The molecule has 0 saturated heterocycles. The molecule has 0 saturated carbocycles. The smallest absolute Gasteiger partial charge is 0.339 e. The van der Waals surface area contributed by atoms with Crippen molar-refractivity contribution >= 4 is 5.97 Å². The first kappa shape index (κ1) is 13.2. The van der Waals surface area contributed by atoms with Gasteiger partial charge in [-0.3, -0.25) is 0 Å². The number of benzene rings is 1. The monoisotopic (exact) mass is 259 g/mol. The second-order valence-electron chi connectivity index (χ2n) is 4.36. The molecule has 0 amide bonds. The summed E-state index contributed by atoms with van der Waals surface area (Å²) in [5.74, 6) is -0.0857. The number of phenols is 1. The van der Waals surface area contributed by atoms with Crippen molar-refractivity contribution < 1.29 is 14.6 Å². The van der Waals surface area contributed by atoms with Crippen LogP contribution >= 0.6 is 0 Å². The molecule has 2 aromatic rings. The van der Waals surface area contributed by atoms with Gasteiger partial charge in [0.25, 0.3) is 0 Å². The third-order valence-electron chi connectivity index (χ3n) is 3.03. The summed E-state index contributed by atoms with van der Waals surface area (Å²) in [6.07, 6.45) is 0. The van der Waals surface area contributed by atoms with E-state index in [4.69, 9.17) is 4.74 Å². The number of carbonyl (C=O) groups excluding carboxylic acids is 1. The van der Waals surface area contributed by atoms with Gasteiger partial charge in [-0.1, -0.05) is 0 Å². The summed E-state index contributed by atoms with van der Waals surface area (Å²) in [5.41, 5.74) is 3.27. The molecule has 4 heteroatoms. The summed E-state index contributed by atoms with van der Waals surface area (Å²) < 4.78 is 7.00. The number of aryl methyl sites for hydroxylation is 1. The van der Waals surface area contributed by atoms with Crippen LogP contribution in [0.25, 0.3) is 5.69 Å². The van der Waals surface area contributed by atoms with Gasteiger partial charge in [-0.25, -0.2) is 4.79 Å². The average molecular weight is 259 g/mol. The maximum atomic E-state index is 11.8. The molecule has 0 aliphatic rings. The van der Waals surface area contributed by atoms with Gasteiger partial charge in [0, 0.05) is 17.1 Å². The van der Waals surface area contributed by atoms with E-state index in [0.29, 0.717) is 12.2 Å². The summed E-state index contributed by atoms with van der Waals surface area (Å²) in [6.45, 7) is 5.97. The van der Waals surface area contributed by atoms with Crippen LogP contribution in [0.3, 0.4) is 0 Å². The standard InChI is InChI=1S/C15H17NO3/c1-4-19-15(18)14-9-10(2)16(11(14)3)12-5-7-13(17)8-6-12/h5-9,17H,4H2,1-3H3. The molecule has 1 heterocycles. The van der Waals surface area contributed by atoms with Gasteiger partial charge in [-0.2, -0.15) is 0 Å². The number of hydrogen-bond donors (Lipinski definition) is 1. The molecular formula is C15H17NO3. The number of nitrogens with zero attached hydrogens (tertiary/aromatic N) is 1. The number of rotatable bonds is 3. The zero-order valence-electron chi connectivity index (χ0n) is 11.3. The molecule has 4 nitrogen and oxygen atoms in total. The highest BCUT2D eigenvalue weighted by molar-refractivity contribution is 5.91. The van der Waals surface area contributed by atoms with Gasteiger partial charge in [0.15, 0.2) is 0 Å². The Labute approximate surface area is 112 Å². The number of aromatic nitrogens is 1. The van der Waals surface area contributed by atoms with Crippen LogP contribution in [-0.2, 0) is 4.74 Å². The highest BCUT2D eigenvalue weighted by Gasteiger charge is 2.17. The van der Waals surface area contributed by atoms with E-state index in [9.17, 15) is 9.90 Å². The minimum absolute atomic E-state index is 0.219. The molecule has 2 rings (SSSR count). The van der Waals surface area contributed by atoms with E-state index < -0.39 is 0 Å². The highest BCUT2D eigenvalue weighted by Crippen LogP contribution is 2.22. The minimum atomic E-state index is -0.305. The Bertz CT molecular complexity index is 597. The van der Waals surface area contributed by atoms with Gasteiger partial charge in [0.2, 0.25) is 0 Å². The van der Waals surface area contributed by atoms with Gasteiger partial charge in [-0.05, 0) is 51.1 Å². The molecule has 100 valence electrons. The highest BCUT2D eigenvalue weighted by atomic mass is 16.5. The number of hydrogen-bond acceptors (Lipinski definition) is 3. The van der Waals surface area contributed by atoms with Crippen LogP contribution < -0.4 is 0 Å². The molecule has 0 atom stereocenters. The molecular weight excluding hydrogens is 242 g/mol. The van der Waals surface area contributed by atoms with Crippen molar-refractivity contribution in [3.63, 3.8) is 0 Å². The third-order valence-corrected chi connectivity index (χ3v) is 3.03. The SMILES string of the molecule is CCOC(=O)c1cc(C)n(-c2ccc(O)cc2)c1C. The van der Waals surface area contributed by atoms with Crippen LogP contribution in [0.1, 0.15) is 28.7 Å². The van der Waals surface area contributed by atoms with E-state index in [1.807, 2.05) is 36.6 Å². The predicted molar refractivity (Wildman–Crippen MR) is 72.9 cm³/mol. The largest absolute Gasteiger partial charge is 0.508 e. The fourth-order valence-electron chi connectivity index (χ4n) is 2.18. The molecule has 0 radical (unpaired) electrons. The Hall–Kier alpha value is -2.23. The van der Waals surface area contributed by atoms with Crippen LogP contribution in [0.15, 0.2) is 30.3 Å². The molecule has 1 aromatic heterocycles. The van der Waals surface area contributed by atoms with Crippen molar-refractivity contribution in [2.75, 3.05) is 6.61 Å². The van der Waals surface area contributed by atoms with E-state index in [1.165, 1.54) is 0 Å². The molecule has 0 fully saturated rings. The van der Waals surface area contributed by atoms with Gasteiger partial charge in [0.1, 0.15) is 5.75 Å². The van der Waals surface area contributed by atoms with Crippen LogP contribution in [0.5, 0.6) is 5.75 Å². The normalized spacial score (nSPS) is 10.5. The topological polar surface area (TPSA) is 51.5 Å². The molecule has 0 aliphatic carbocycles. The van der Waals surface area contributed by atoms with Crippen LogP contribution in [-0.4, -0.2) is 22.2 Å². The van der Waals surface area contributed by atoms with Gasteiger partial charge in [-0.15, -0.1) is 0 Å². The first-order valence-corrected chi connectivity index (χ1v) is 6.20. The van der Waals surface area contributed by atoms with E-state index in [0.717, 1.165) is 17.1 Å². The van der Waals surface area contributed by atoms with E-state index in [1.54, 1.807) is 19.1 Å². The van der Waals surface area contributed by atoms with Gasteiger partial charge >= 0.3 is 5.97 Å². The van der Waals surface area contributed by atoms with Crippen LogP contribution in [0.4, 0.5) is 0 Å². The number of ether oxygens (including phenoxy) is 1. The third kappa shape index (κ3) is 2.47. The lowest BCUT2D eigenvalue weighted by Crippen LogP contribution is -2.06. The quantitative estimate of drug-likeness (QED) is 0.862. The average Bonchev–Trinajstić information content (AvgIpc) is 2.67. The zero-order valence-corrected chi connectivity index (χ0v) is 11.3. The summed E-state index contributed by atoms with van der Waals surface area (Å²) in [7, 11) is 0. The van der Waals surface area contributed by atoms with E-state index >= 15 is 0 Å². The summed E-state index contributed by atoms with van der Waals surface area (Å²) in [5, 5.41) is 9.32. The number of carbonyl (C=O) groups is 1. The Morgan fingerprint density at radius 3 is 2.47 bits per heavy atom. The molecule has 0 spiro atoms. The Morgan fingerprint density at radius 1 is 1.26 bits per heavy atom. The Balaban J connectivity index is 2.47. The fourth-order valence-corrected chi connectivity index (χ4v) is 2.18. The van der Waals surface area contributed by atoms with Gasteiger partial charge in [0.05, 0.1) is 12.2 Å². The van der Waals surface area contributed by atoms with Crippen molar-refractivity contribution in [1.29, 1.82) is 0 Å². The summed E-state index contributed by atoms with van der Waals surface area (Å²) in [6, 6.07) is 8.69. The first-order chi connectivity index (χ1) is 9.04. The lowest BCUT2D eigenvalue weighted by atomic mass is 10.2. The lowest BCUT2D eigenvalue weighted by Gasteiger charge is -2.09. The van der Waals surface area contributed by atoms with Crippen LogP contribution in [0, 0.1) is 13.8 Å². The summed E-state index contributed by atoms with van der Waals surface area (Å²) in [4.78, 5) is 11.8. The molecule has 19 heavy (non-hydrogen) atoms. The zero-order chi connectivity index (χ0) is 14.0. The molecule has 1 aromatic carbocycles. The van der Waals surface area contributed by atoms with Crippen LogP contribution in [0.2, 0.25) is 0 Å². The van der Waals surface area contributed by atoms with Crippen molar-refractivity contribution in [2.45, 2.75) is 20.8 Å². The summed E-state index contributed by atoms with van der Waals surface area (Å²) >= 11 is 0. The number of esters is 1. The maximum absolute atomic E-state index is 11.8. The number of aromatic hydroxyl groups is 1. The minimum Gasteiger partial charge on any atom is -0.508 e. The van der Waals surface area contributed by atoms with Crippen molar-refractivity contribution in [1.82, 2.24) is 4.57 Å². The Kier molecular flexibility index (Phi) is 3.60. The van der Waals surface area contributed by atoms with Crippen molar-refractivity contribution in [2.24, 2.45) is 0 Å². The molecule has 0 aliphatic heterocycles. The van der Waals surface area contributed by atoms with E-state index in [2.05, 4.69) is 0 Å².